The van der Waals surface area contributed by atoms with Crippen molar-refractivity contribution in [3.63, 3.8) is 0 Å². The summed E-state index contributed by atoms with van der Waals surface area (Å²) >= 11 is 0. The first kappa shape index (κ1) is 18.7. The average molecular weight is 398 g/mol. The molecule has 8 nitrogen and oxygen atoms in total. The van der Waals surface area contributed by atoms with E-state index in [4.69, 9.17) is 14.2 Å². The van der Waals surface area contributed by atoms with Crippen molar-refractivity contribution in [1.29, 1.82) is 0 Å². The van der Waals surface area contributed by atoms with E-state index < -0.39 is 11.9 Å². The number of hydrogen-bond acceptors (Lipinski definition) is 6. The number of benzene rings is 1. The van der Waals surface area contributed by atoms with Crippen molar-refractivity contribution in [3.05, 3.63) is 48.5 Å². The lowest BCUT2D eigenvalue weighted by Gasteiger charge is -2.18. The highest BCUT2D eigenvalue weighted by atomic mass is 19.1. The van der Waals surface area contributed by atoms with E-state index in [0.29, 0.717) is 30.4 Å². The molecule has 2 aromatic heterocycles. The molecule has 1 N–H and O–H groups in total. The lowest BCUT2D eigenvalue weighted by molar-refractivity contribution is -0.122. The first-order valence-corrected chi connectivity index (χ1v) is 8.96. The molecule has 3 aromatic rings. The Balaban J connectivity index is 1.54. The average Bonchev–Trinajstić information content (AvgIpc) is 3.38. The minimum Gasteiger partial charge on any atom is -0.497 e. The maximum atomic E-state index is 13.7. The van der Waals surface area contributed by atoms with Gasteiger partial charge in [-0.05, 0) is 12.1 Å². The molecule has 29 heavy (non-hydrogen) atoms. The maximum absolute atomic E-state index is 13.7. The van der Waals surface area contributed by atoms with Gasteiger partial charge in [-0.2, -0.15) is 10.1 Å². The molecule has 1 saturated heterocycles. The molecule has 0 radical (unpaired) electrons. The highest BCUT2D eigenvalue weighted by Gasteiger charge is 2.35. The molecule has 1 aliphatic rings. The summed E-state index contributed by atoms with van der Waals surface area (Å²) in [5.41, 5.74) is 1.59. The summed E-state index contributed by atoms with van der Waals surface area (Å²) in [7, 11) is 2.96. The Labute approximate surface area is 166 Å². The molecule has 9 heteroatoms. The highest BCUT2D eigenvalue weighted by molar-refractivity contribution is 5.98. The van der Waals surface area contributed by atoms with Crippen LogP contribution < -0.4 is 19.1 Å². The minimum atomic E-state index is -0.733. The lowest BCUT2D eigenvalue weighted by Crippen LogP contribution is -2.32. The van der Waals surface area contributed by atoms with E-state index in [2.05, 4.69) is 15.2 Å². The number of pyridine rings is 1. The molecule has 3 heterocycles. The minimum absolute atomic E-state index is 0.239. The van der Waals surface area contributed by atoms with E-state index in [-0.39, 0.29) is 11.7 Å². The van der Waals surface area contributed by atoms with Crippen LogP contribution in [-0.2, 0) is 4.79 Å². The predicted octanol–water partition coefficient (Wildman–Crippen LogP) is 2.81. The first-order valence-electron chi connectivity index (χ1n) is 8.96. The molecule has 1 fully saturated rings. The molecular formula is C20H19FN4O4. The van der Waals surface area contributed by atoms with Crippen molar-refractivity contribution in [2.45, 2.75) is 12.5 Å². The fraction of sp³-hybridized carbons (Fsp3) is 0.250. The fourth-order valence-corrected chi connectivity index (χ4v) is 3.23. The molecule has 0 spiro atoms. The third kappa shape index (κ3) is 3.71. The summed E-state index contributed by atoms with van der Waals surface area (Å²) in [4.78, 5) is 18.8. The molecule has 0 bridgehead atoms. The number of aromatic nitrogens is 3. The first-order chi connectivity index (χ1) is 14.1. The van der Waals surface area contributed by atoms with Crippen LogP contribution in [0, 0.1) is 5.82 Å². The normalized spacial score (nSPS) is 16.2. The second-order valence-electron chi connectivity index (χ2n) is 6.43. The zero-order valence-corrected chi connectivity index (χ0v) is 15.9. The van der Waals surface area contributed by atoms with Gasteiger partial charge in [-0.15, -0.1) is 0 Å². The van der Waals surface area contributed by atoms with E-state index in [1.165, 1.54) is 31.3 Å². The third-order valence-electron chi connectivity index (χ3n) is 4.64. The van der Waals surface area contributed by atoms with Crippen molar-refractivity contribution in [3.8, 4) is 28.5 Å². The molecule has 0 saturated carbocycles. The number of anilines is 1. The van der Waals surface area contributed by atoms with Crippen LogP contribution >= 0.6 is 0 Å². The number of ether oxygens (including phenoxy) is 3. The number of hydrogen-bond donors (Lipinski definition) is 1. The van der Waals surface area contributed by atoms with Gasteiger partial charge in [-0.3, -0.25) is 14.8 Å². The van der Waals surface area contributed by atoms with E-state index in [0.717, 1.165) is 11.1 Å². The molecular weight excluding hydrogens is 379 g/mol. The van der Waals surface area contributed by atoms with Crippen LogP contribution in [0.3, 0.4) is 0 Å². The van der Waals surface area contributed by atoms with Gasteiger partial charge in [0.15, 0.2) is 6.10 Å². The SMILES string of the molecule is COc1cc(F)cc(OC2CCN(c3ccc(-c4cn[nH]c4)c(OC)n3)C2=O)c1. The Morgan fingerprint density at radius 2 is 2.00 bits per heavy atom. The number of halogens is 1. The quantitative estimate of drug-likeness (QED) is 0.687. The number of rotatable bonds is 6. The van der Waals surface area contributed by atoms with E-state index in [1.54, 1.807) is 24.5 Å². The Bertz CT molecular complexity index is 1030. The van der Waals surface area contributed by atoms with Gasteiger partial charge in [0, 0.05) is 48.5 Å². The molecule has 1 amide bonds. The summed E-state index contributed by atoms with van der Waals surface area (Å²) in [6, 6.07) is 7.58. The van der Waals surface area contributed by atoms with Crippen LogP contribution in [0.5, 0.6) is 17.4 Å². The number of H-pyrrole nitrogens is 1. The Morgan fingerprint density at radius 3 is 2.72 bits per heavy atom. The van der Waals surface area contributed by atoms with Crippen LogP contribution in [0.25, 0.3) is 11.1 Å². The Morgan fingerprint density at radius 1 is 1.17 bits per heavy atom. The zero-order chi connectivity index (χ0) is 20.4. The van der Waals surface area contributed by atoms with Gasteiger partial charge in [0.25, 0.3) is 5.91 Å². The summed E-state index contributed by atoms with van der Waals surface area (Å²) < 4.78 is 29.8. The van der Waals surface area contributed by atoms with Crippen LogP contribution in [0.15, 0.2) is 42.7 Å². The van der Waals surface area contributed by atoms with Crippen molar-refractivity contribution in [2.75, 3.05) is 25.7 Å². The van der Waals surface area contributed by atoms with Crippen LogP contribution in [0.2, 0.25) is 0 Å². The molecule has 1 aromatic carbocycles. The van der Waals surface area contributed by atoms with Crippen LogP contribution in [-0.4, -0.2) is 48.0 Å². The van der Waals surface area contributed by atoms with E-state index in [9.17, 15) is 9.18 Å². The van der Waals surface area contributed by atoms with E-state index >= 15 is 0 Å². The number of nitrogens with one attached hydrogen (secondary N) is 1. The predicted molar refractivity (Wildman–Crippen MR) is 103 cm³/mol. The molecule has 150 valence electrons. The van der Waals surface area contributed by atoms with E-state index in [1.807, 2.05) is 6.07 Å². The van der Waals surface area contributed by atoms with Gasteiger partial charge in [-0.25, -0.2) is 4.39 Å². The lowest BCUT2D eigenvalue weighted by atomic mass is 10.1. The molecule has 4 rings (SSSR count). The topological polar surface area (TPSA) is 89.6 Å². The molecule has 1 atom stereocenters. The van der Waals surface area contributed by atoms with Crippen LogP contribution in [0.1, 0.15) is 6.42 Å². The molecule has 1 aliphatic heterocycles. The summed E-state index contributed by atoms with van der Waals surface area (Å²) in [5.74, 6) is 0.658. The van der Waals surface area contributed by atoms with Crippen LogP contribution in [0.4, 0.5) is 10.2 Å². The number of aromatic amines is 1. The Kier molecular flexibility index (Phi) is 5.03. The standard InChI is InChI=1S/C20H19FN4O4/c1-27-14-7-13(21)8-15(9-14)29-17-5-6-25(20(17)26)18-4-3-16(19(24-18)28-2)12-10-22-23-11-12/h3-4,7-11,17H,5-6H2,1-2H3,(H,22,23). The molecule has 0 aliphatic carbocycles. The maximum Gasteiger partial charge on any atom is 0.269 e. The fourth-order valence-electron chi connectivity index (χ4n) is 3.23. The van der Waals surface area contributed by atoms with Gasteiger partial charge >= 0.3 is 0 Å². The van der Waals surface area contributed by atoms with Gasteiger partial charge in [0.1, 0.15) is 23.1 Å². The van der Waals surface area contributed by atoms with Gasteiger partial charge < -0.3 is 14.2 Å². The second-order valence-corrected chi connectivity index (χ2v) is 6.43. The number of amides is 1. The Hall–Kier alpha value is -3.62. The van der Waals surface area contributed by atoms with Crippen molar-refractivity contribution >= 4 is 11.7 Å². The largest absolute Gasteiger partial charge is 0.497 e. The highest BCUT2D eigenvalue weighted by Crippen LogP contribution is 2.32. The molecule has 1 unspecified atom stereocenters. The third-order valence-corrected chi connectivity index (χ3v) is 4.64. The zero-order valence-electron chi connectivity index (χ0n) is 15.9. The number of methoxy groups -OCH3 is 2. The summed E-state index contributed by atoms with van der Waals surface area (Å²) in [6.07, 6.45) is 3.11. The number of nitrogens with zero attached hydrogens (tertiary/aromatic N) is 3. The van der Waals surface area contributed by atoms with Gasteiger partial charge in [0.05, 0.1) is 20.4 Å². The van der Waals surface area contributed by atoms with Crippen molar-refractivity contribution in [1.82, 2.24) is 15.2 Å². The van der Waals surface area contributed by atoms with Crippen molar-refractivity contribution < 1.29 is 23.4 Å². The summed E-state index contributed by atoms with van der Waals surface area (Å²) in [6.45, 7) is 0.428. The summed E-state index contributed by atoms with van der Waals surface area (Å²) in [5, 5.41) is 6.68. The second kappa shape index (κ2) is 7.78. The smallest absolute Gasteiger partial charge is 0.269 e. The number of carbonyl (C=O) groups excluding carboxylic acids is 1. The number of carbonyl (C=O) groups is 1. The van der Waals surface area contributed by atoms with Crippen molar-refractivity contribution in [2.24, 2.45) is 0 Å². The monoisotopic (exact) mass is 398 g/mol. The van der Waals surface area contributed by atoms with Gasteiger partial charge in [-0.1, -0.05) is 0 Å². The van der Waals surface area contributed by atoms with Gasteiger partial charge in [0.2, 0.25) is 5.88 Å².